The van der Waals surface area contributed by atoms with Crippen LogP contribution in [-0.4, -0.2) is 17.5 Å². The van der Waals surface area contributed by atoms with E-state index in [0.29, 0.717) is 18.4 Å². The summed E-state index contributed by atoms with van der Waals surface area (Å²) >= 11 is 0. The highest BCUT2D eigenvalue weighted by Gasteiger charge is 1.95. The number of rotatable bonds is 4. The summed E-state index contributed by atoms with van der Waals surface area (Å²) in [6, 6.07) is 5.75. The normalized spacial score (nSPS) is 11.8. The Morgan fingerprint density at radius 3 is 2.93 bits per heavy atom. The van der Waals surface area contributed by atoms with Gasteiger partial charge in [-0.25, -0.2) is 4.99 Å². The molecule has 0 spiro atoms. The summed E-state index contributed by atoms with van der Waals surface area (Å²) in [6.45, 7) is 5.62. The van der Waals surface area contributed by atoms with Gasteiger partial charge in [0.05, 0.1) is 12.2 Å². The van der Waals surface area contributed by atoms with Crippen molar-refractivity contribution in [2.45, 2.75) is 20.4 Å². The van der Waals surface area contributed by atoms with Crippen molar-refractivity contribution in [3.63, 3.8) is 0 Å². The lowest BCUT2D eigenvalue weighted by atomic mass is 10.2. The lowest BCUT2D eigenvalue weighted by Crippen LogP contribution is -2.34. The Kier molecular flexibility index (Phi) is 4.60. The van der Waals surface area contributed by atoms with E-state index in [1.165, 1.54) is 0 Å². The number of guanidine groups is 1. The van der Waals surface area contributed by atoms with Crippen LogP contribution in [0.4, 0.5) is 0 Å². The molecule has 0 atom stereocenters. The summed E-state index contributed by atoms with van der Waals surface area (Å²) in [4.78, 5) is 8.34. The first-order valence-corrected chi connectivity index (χ1v) is 5.12. The fourth-order valence-corrected chi connectivity index (χ4v) is 1.02. The van der Waals surface area contributed by atoms with Crippen LogP contribution >= 0.6 is 0 Å². The van der Waals surface area contributed by atoms with Gasteiger partial charge in [0.2, 0.25) is 0 Å². The quantitative estimate of drug-likeness (QED) is 0.573. The predicted octanol–water partition coefficient (Wildman–Crippen LogP) is 1.14. The third-order valence-electron chi connectivity index (χ3n) is 1.83. The molecule has 0 aliphatic rings. The number of aliphatic imine (C=N–C) groups is 1. The van der Waals surface area contributed by atoms with E-state index in [0.717, 1.165) is 12.2 Å². The molecule has 3 N–H and O–H groups in total. The molecule has 0 radical (unpaired) electrons. The Hall–Kier alpha value is -1.58. The topological polar surface area (TPSA) is 63.3 Å². The van der Waals surface area contributed by atoms with E-state index < -0.39 is 0 Å². The number of pyridine rings is 1. The molecule has 1 heterocycles. The van der Waals surface area contributed by atoms with Crippen LogP contribution in [0.1, 0.15) is 19.5 Å². The molecule has 1 aromatic rings. The average molecular weight is 206 g/mol. The third-order valence-corrected chi connectivity index (χ3v) is 1.83. The first kappa shape index (κ1) is 11.5. The van der Waals surface area contributed by atoms with Gasteiger partial charge in [-0.2, -0.15) is 0 Å². The second kappa shape index (κ2) is 6.01. The van der Waals surface area contributed by atoms with Gasteiger partial charge in [0.25, 0.3) is 0 Å². The lowest BCUT2D eigenvalue weighted by molar-refractivity contribution is 0.621. The molecule has 82 valence electrons. The van der Waals surface area contributed by atoms with Gasteiger partial charge < -0.3 is 11.1 Å². The van der Waals surface area contributed by atoms with Gasteiger partial charge in [-0.3, -0.25) is 4.98 Å². The summed E-state index contributed by atoms with van der Waals surface area (Å²) in [7, 11) is 0. The fourth-order valence-electron chi connectivity index (χ4n) is 1.02. The van der Waals surface area contributed by atoms with Crippen LogP contribution in [0.25, 0.3) is 0 Å². The van der Waals surface area contributed by atoms with Crippen LogP contribution in [-0.2, 0) is 6.54 Å². The highest BCUT2D eigenvalue weighted by atomic mass is 15.1. The van der Waals surface area contributed by atoms with Gasteiger partial charge in [0, 0.05) is 12.7 Å². The van der Waals surface area contributed by atoms with Crippen LogP contribution in [0.15, 0.2) is 29.4 Å². The van der Waals surface area contributed by atoms with Gasteiger partial charge >= 0.3 is 0 Å². The Morgan fingerprint density at radius 1 is 1.53 bits per heavy atom. The standard InChI is InChI=1S/C11H18N4/c1-9(2)7-14-11(12)15-8-10-5-3-4-6-13-10/h3-6,9H,7-8H2,1-2H3,(H3,12,14,15). The third kappa shape index (κ3) is 5.00. The van der Waals surface area contributed by atoms with E-state index in [1.807, 2.05) is 18.2 Å². The van der Waals surface area contributed by atoms with Crippen molar-refractivity contribution in [3.05, 3.63) is 30.1 Å². The highest BCUT2D eigenvalue weighted by molar-refractivity contribution is 5.77. The molecule has 0 unspecified atom stereocenters. The summed E-state index contributed by atoms with van der Waals surface area (Å²) < 4.78 is 0. The van der Waals surface area contributed by atoms with Crippen LogP contribution < -0.4 is 11.1 Å². The molecule has 1 rings (SSSR count). The average Bonchev–Trinajstić information content (AvgIpc) is 2.25. The van der Waals surface area contributed by atoms with Crippen molar-refractivity contribution >= 4 is 5.96 Å². The molecule has 0 aromatic carbocycles. The molecule has 0 fully saturated rings. The molecule has 0 aliphatic heterocycles. The largest absolute Gasteiger partial charge is 0.370 e. The molecule has 4 heteroatoms. The van der Waals surface area contributed by atoms with Crippen LogP contribution in [0.3, 0.4) is 0 Å². The first-order valence-electron chi connectivity index (χ1n) is 5.12. The van der Waals surface area contributed by atoms with Crippen molar-refractivity contribution in [3.8, 4) is 0 Å². The fraction of sp³-hybridized carbons (Fsp3) is 0.455. The van der Waals surface area contributed by atoms with Crippen molar-refractivity contribution in [1.29, 1.82) is 0 Å². The molecule has 0 bridgehead atoms. The maximum absolute atomic E-state index is 5.68. The Morgan fingerprint density at radius 2 is 2.33 bits per heavy atom. The van der Waals surface area contributed by atoms with E-state index in [4.69, 9.17) is 5.73 Å². The molecule has 1 aromatic heterocycles. The molecular formula is C11H18N4. The second-order valence-corrected chi connectivity index (χ2v) is 3.80. The molecule has 0 saturated heterocycles. The maximum Gasteiger partial charge on any atom is 0.188 e. The zero-order valence-electron chi connectivity index (χ0n) is 9.27. The highest BCUT2D eigenvalue weighted by Crippen LogP contribution is 1.94. The van der Waals surface area contributed by atoms with E-state index >= 15 is 0 Å². The summed E-state index contributed by atoms with van der Waals surface area (Å²) in [5, 5.41) is 3.05. The minimum absolute atomic E-state index is 0.481. The Labute approximate surface area is 90.6 Å². The first-order chi connectivity index (χ1) is 7.18. The minimum atomic E-state index is 0.481. The number of nitrogens with one attached hydrogen (secondary N) is 1. The molecule has 4 nitrogen and oxygen atoms in total. The van der Waals surface area contributed by atoms with Gasteiger partial charge in [0.15, 0.2) is 5.96 Å². The second-order valence-electron chi connectivity index (χ2n) is 3.80. The molecule has 0 saturated carbocycles. The van der Waals surface area contributed by atoms with Gasteiger partial charge in [-0.05, 0) is 18.1 Å². The van der Waals surface area contributed by atoms with E-state index in [2.05, 4.69) is 29.1 Å². The van der Waals surface area contributed by atoms with Crippen molar-refractivity contribution in [2.75, 3.05) is 6.54 Å². The van der Waals surface area contributed by atoms with Crippen LogP contribution in [0, 0.1) is 5.92 Å². The molecule has 0 aliphatic carbocycles. The van der Waals surface area contributed by atoms with Crippen molar-refractivity contribution < 1.29 is 0 Å². The number of nitrogens with two attached hydrogens (primary N) is 1. The number of hydrogen-bond acceptors (Lipinski definition) is 2. The maximum atomic E-state index is 5.68. The van der Waals surface area contributed by atoms with Crippen molar-refractivity contribution in [1.82, 2.24) is 10.3 Å². The SMILES string of the molecule is CC(C)CNC(N)=NCc1ccccn1. The van der Waals surface area contributed by atoms with Crippen LogP contribution in [0.2, 0.25) is 0 Å². The Balaban J connectivity index is 2.37. The molecule has 15 heavy (non-hydrogen) atoms. The zero-order valence-corrected chi connectivity index (χ0v) is 9.27. The van der Waals surface area contributed by atoms with Gasteiger partial charge in [0.1, 0.15) is 0 Å². The lowest BCUT2D eigenvalue weighted by Gasteiger charge is -2.07. The monoisotopic (exact) mass is 206 g/mol. The predicted molar refractivity (Wildman–Crippen MR) is 62.4 cm³/mol. The summed E-state index contributed by atoms with van der Waals surface area (Å²) in [5.41, 5.74) is 6.60. The number of hydrogen-bond donors (Lipinski definition) is 2. The summed E-state index contributed by atoms with van der Waals surface area (Å²) in [5.74, 6) is 1.04. The minimum Gasteiger partial charge on any atom is -0.370 e. The van der Waals surface area contributed by atoms with E-state index in [-0.39, 0.29) is 0 Å². The zero-order chi connectivity index (χ0) is 11.1. The number of nitrogens with zero attached hydrogens (tertiary/aromatic N) is 2. The van der Waals surface area contributed by atoms with Crippen molar-refractivity contribution in [2.24, 2.45) is 16.6 Å². The molecule has 0 amide bonds. The molecular weight excluding hydrogens is 188 g/mol. The number of aromatic nitrogens is 1. The van der Waals surface area contributed by atoms with E-state index in [1.54, 1.807) is 6.20 Å². The van der Waals surface area contributed by atoms with Crippen LogP contribution in [0.5, 0.6) is 0 Å². The Bertz CT molecular complexity index is 306. The van der Waals surface area contributed by atoms with E-state index in [9.17, 15) is 0 Å². The smallest absolute Gasteiger partial charge is 0.188 e. The summed E-state index contributed by atoms with van der Waals surface area (Å²) in [6.07, 6.45) is 1.75. The van der Waals surface area contributed by atoms with Gasteiger partial charge in [-0.15, -0.1) is 0 Å². The van der Waals surface area contributed by atoms with Gasteiger partial charge in [-0.1, -0.05) is 19.9 Å².